The maximum atomic E-state index is 13.8. The summed E-state index contributed by atoms with van der Waals surface area (Å²) in [5.41, 5.74) is 6.13. The zero-order valence-corrected chi connectivity index (χ0v) is 29.6. The second-order valence-corrected chi connectivity index (χ2v) is 13.3. The molecular weight excluding hydrogens is 638 g/mol. The van der Waals surface area contributed by atoms with Crippen LogP contribution >= 0.6 is 0 Å². The van der Waals surface area contributed by atoms with Gasteiger partial charge in [-0.25, -0.2) is 0 Å². The topological polar surface area (TPSA) is 83.1 Å². The molecule has 0 unspecified atom stereocenters. The lowest BCUT2D eigenvalue weighted by Crippen LogP contribution is -2.40. The first-order chi connectivity index (χ1) is 24.8. The first-order valence-electron chi connectivity index (χ1n) is 17.4. The van der Waals surface area contributed by atoms with Crippen LogP contribution in [0.5, 0.6) is 11.5 Å². The van der Waals surface area contributed by atoms with E-state index in [-0.39, 0.29) is 37.5 Å². The molecule has 1 N–H and O–H groups in total. The average Bonchev–Trinajstić information content (AvgIpc) is 3.49. The van der Waals surface area contributed by atoms with Gasteiger partial charge in [-0.15, -0.1) is 0 Å². The fourth-order valence-corrected chi connectivity index (χ4v) is 7.16. The number of ether oxygens (including phenoxy) is 4. The van der Waals surface area contributed by atoms with Gasteiger partial charge in [-0.1, -0.05) is 117 Å². The predicted octanol–water partition coefficient (Wildman–Crippen LogP) is 8.49. The van der Waals surface area contributed by atoms with E-state index >= 15 is 0 Å². The Hall–Kier alpha value is -5.40. The van der Waals surface area contributed by atoms with E-state index < -0.39 is 17.5 Å². The summed E-state index contributed by atoms with van der Waals surface area (Å²) in [5, 5.41) is 3.01. The van der Waals surface area contributed by atoms with E-state index in [9.17, 15) is 9.59 Å². The summed E-state index contributed by atoms with van der Waals surface area (Å²) in [6.45, 7) is 4.20. The predicted molar refractivity (Wildman–Crippen MR) is 199 cm³/mol. The standard InChI is InChI=1S/C44H45NO6/c1-30(2)26-31(27-42(46)50-28-41-39-16-10-8-14-37(39)38-15-9-11-17-40(38)41)43(47)45-29-51-44(32-12-6-5-7-13-32,33-18-22-35(48-3)23-19-33)34-20-24-36(49-4)25-21-34/h5-25,30-31,41H,26-29H2,1-4H3,(H,45,47)/t31-/m1/s1. The molecule has 0 spiro atoms. The summed E-state index contributed by atoms with van der Waals surface area (Å²) in [6.07, 6.45) is 0.498. The molecule has 5 aromatic carbocycles. The number of methoxy groups -OCH3 is 2. The zero-order valence-electron chi connectivity index (χ0n) is 29.6. The minimum Gasteiger partial charge on any atom is -0.497 e. The number of amides is 1. The molecule has 0 aromatic heterocycles. The largest absolute Gasteiger partial charge is 0.497 e. The Bertz CT molecular complexity index is 1830. The first kappa shape index (κ1) is 35.4. The minimum atomic E-state index is -1.09. The van der Waals surface area contributed by atoms with E-state index in [0.717, 1.165) is 27.8 Å². The van der Waals surface area contributed by atoms with E-state index in [1.165, 1.54) is 11.1 Å². The summed E-state index contributed by atoms with van der Waals surface area (Å²) in [6, 6.07) is 41.8. The van der Waals surface area contributed by atoms with E-state index in [0.29, 0.717) is 17.9 Å². The Morgan fingerprint density at radius 3 is 1.67 bits per heavy atom. The average molecular weight is 684 g/mol. The molecule has 0 saturated heterocycles. The molecule has 0 bridgehead atoms. The number of nitrogens with one attached hydrogen (secondary N) is 1. The van der Waals surface area contributed by atoms with Gasteiger partial charge >= 0.3 is 5.97 Å². The minimum absolute atomic E-state index is 0.0270. The quantitative estimate of drug-likeness (QED) is 0.0677. The molecule has 1 aliphatic carbocycles. The number of benzene rings is 5. The third kappa shape index (κ3) is 7.69. The smallest absolute Gasteiger partial charge is 0.306 e. The van der Waals surface area contributed by atoms with Gasteiger partial charge in [-0.05, 0) is 75.5 Å². The van der Waals surface area contributed by atoms with Crippen LogP contribution in [0.2, 0.25) is 0 Å². The molecule has 6 rings (SSSR count). The van der Waals surface area contributed by atoms with Gasteiger partial charge in [0, 0.05) is 11.8 Å². The van der Waals surface area contributed by atoms with E-state index in [2.05, 4.69) is 29.6 Å². The molecule has 1 atom stereocenters. The van der Waals surface area contributed by atoms with Crippen molar-refractivity contribution in [2.75, 3.05) is 27.6 Å². The van der Waals surface area contributed by atoms with E-state index in [1.807, 2.05) is 117 Å². The monoisotopic (exact) mass is 683 g/mol. The van der Waals surface area contributed by atoms with Crippen LogP contribution in [0.1, 0.15) is 60.4 Å². The number of hydrogen-bond donors (Lipinski definition) is 1. The van der Waals surface area contributed by atoms with Crippen LogP contribution in [-0.4, -0.2) is 39.4 Å². The maximum Gasteiger partial charge on any atom is 0.306 e. The van der Waals surface area contributed by atoms with Crippen molar-refractivity contribution in [1.29, 1.82) is 0 Å². The van der Waals surface area contributed by atoms with Crippen molar-refractivity contribution < 1.29 is 28.5 Å². The van der Waals surface area contributed by atoms with Gasteiger partial charge in [0.05, 0.1) is 20.6 Å². The highest BCUT2D eigenvalue weighted by Crippen LogP contribution is 2.45. The molecule has 0 aliphatic heterocycles. The second-order valence-electron chi connectivity index (χ2n) is 13.3. The van der Waals surface area contributed by atoms with Crippen LogP contribution in [0.15, 0.2) is 127 Å². The van der Waals surface area contributed by atoms with Gasteiger partial charge in [0.25, 0.3) is 0 Å². The number of hydrogen-bond acceptors (Lipinski definition) is 6. The highest BCUT2D eigenvalue weighted by atomic mass is 16.5. The van der Waals surface area contributed by atoms with Crippen molar-refractivity contribution in [3.8, 4) is 22.6 Å². The van der Waals surface area contributed by atoms with Crippen LogP contribution in [0.4, 0.5) is 0 Å². The number of carbonyl (C=O) groups excluding carboxylic acids is 2. The fourth-order valence-electron chi connectivity index (χ4n) is 7.16. The number of rotatable bonds is 15. The van der Waals surface area contributed by atoms with Gasteiger partial charge in [0.1, 0.15) is 30.4 Å². The van der Waals surface area contributed by atoms with Gasteiger partial charge < -0.3 is 24.3 Å². The second kappa shape index (κ2) is 16.1. The Morgan fingerprint density at radius 1 is 0.667 bits per heavy atom. The highest BCUT2D eigenvalue weighted by molar-refractivity contribution is 5.84. The molecule has 0 fully saturated rings. The van der Waals surface area contributed by atoms with Crippen LogP contribution in [0, 0.1) is 11.8 Å². The van der Waals surface area contributed by atoms with Gasteiger partial charge in [-0.3, -0.25) is 9.59 Å². The highest BCUT2D eigenvalue weighted by Gasteiger charge is 2.38. The number of fused-ring (bicyclic) bond motifs is 3. The molecule has 0 saturated carbocycles. The number of esters is 1. The van der Waals surface area contributed by atoms with Gasteiger partial charge in [-0.2, -0.15) is 0 Å². The van der Waals surface area contributed by atoms with Crippen LogP contribution in [0.3, 0.4) is 0 Å². The molecule has 0 heterocycles. The lowest BCUT2D eigenvalue weighted by Gasteiger charge is -2.36. The number of carbonyl (C=O) groups is 2. The summed E-state index contributed by atoms with van der Waals surface area (Å²) < 4.78 is 23.6. The molecule has 5 aromatic rings. The summed E-state index contributed by atoms with van der Waals surface area (Å²) in [7, 11) is 3.26. The van der Waals surface area contributed by atoms with Crippen molar-refractivity contribution in [2.45, 2.75) is 38.2 Å². The molecule has 51 heavy (non-hydrogen) atoms. The van der Waals surface area contributed by atoms with E-state index in [1.54, 1.807) is 14.2 Å². The lowest BCUT2D eigenvalue weighted by atomic mass is 9.80. The summed E-state index contributed by atoms with van der Waals surface area (Å²) in [4.78, 5) is 27.2. The molecule has 7 nitrogen and oxygen atoms in total. The maximum absolute atomic E-state index is 13.8. The Morgan fingerprint density at radius 2 is 1.16 bits per heavy atom. The van der Waals surface area contributed by atoms with Crippen LogP contribution in [0.25, 0.3) is 11.1 Å². The third-order valence-corrected chi connectivity index (χ3v) is 9.62. The van der Waals surface area contributed by atoms with Gasteiger partial charge in [0.2, 0.25) is 5.91 Å². The molecule has 1 amide bonds. The Balaban J connectivity index is 1.19. The zero-order chi connectivity index (χ0) is 35.8. The van der Waals surface area contributed by atoms with Crippen molar-refractivity contribution >= 4 is 11.9 Å². The van der Waals surface area contributed by atoms with Gasteiger partial charge in [0.15, 0.2) is 0 Å². The molecule has 262 valence electrons. The lowest BCUT2D eigenvalue weighted by molar-refractivity contribution is -0.147. The van der Waals surface area contributed by atoms with Crippen molar-refractivity contribution in [2.24, 2.45) is 11.8 Å². The van der Waals surface area contributed by atoms with Crippen molar-refractivity contribution in [3.63, 3.8) is 0 Å². The Kier molecular flexibility index (Phi) is 11.2. The normalized spacial score (nSPS) is 12.9. The summed E-state index contributed by atoms with van der Waals surface area (Å²) >= 11 is 0. The van der Waals surface area contributed by atoms with Crippen molar-refractivity contribution in [1.82, 2.24) is 5.32 Å². The summed E-state index contributed by atoms with van der Waals surface area (Å²) in [5.74, 6) is 0.330. The third-order valence-electron chi connectivity index (χ3n) is 9.62. The SMILES string of the molecule is COc1ccc(C(OCNC(=O)[C@@H](CC(=O)OCC2c3ccccc3-c3ccccc32)CC(C)C)(c2ccccc2)c2ccc(OC)cc2)cc1. The van der Waals surface area contributed by atoms with E-state index in [4.69, 9.17) is 18.9 Å². The van der Waals surface area contributed by atoms with Crippen LogP contribution in [-0.2, 0) is 24.7 Å². The molecule has 7 heteroatoms. The molecule has 0 radical (unpaired) electrons. The Labute approximate surface area is 300 Å². The first-order valence-corrected chi connectivity index (χ1v) is 17.4. The fraction of sp³-hybridized carbons (Fsp3) is 0.273. The van der Waals surface area contributed by atoms with Crippen molar-refractivity contribution in [3.05, 3.63) is 155 Å². The molecule has 1 aliphatic rings. The van der Waals surface area contributed by atoms with Crippen LogP contribution < -0.4 is 14.8 Å². The molecular formula is C44H45NO6.